The van der Waals surface area contributed by atoms with Gasteiger partial charge in [-0.05, 0) is 43.0 Å². The highest BCUT2D eigenvalue weighted by Gasteiger charge is 2.54. The summed E-state index contributed by atoms with van der Waals surface area (Å²) in [4.78, 5) is 33.5. The van der Waals surface area contributed by atoms with Crippen LogP contribution in [0.2, 0.25) is 0 Å². The van der Waals surface area contributed by atoms with Crippen molar-refractivity contribution in [1.29, 1.82) is 0 Å². The van der Waals surface area contributed by atoms with Crippen LogP contribution in [0.1, 0.15) is 59.5 Å². The zero-order valence-corrected chi connectivity index (χ0v) is 17.7. The normalized spacial score (nSPS) is 20.1. The number of hydrogen-bond acceptors (Lipinski definition) is 4. The molecule has 158 valence electrons. The Morgan fingerprint density at radius 2 is 1.97 bits per heavy atom. The molecule has 6 heteroatoms. The average Bonchev–Trinajstić information content (AvgIpc) is 2.76. The van der Waals surface area contributed by atoms with E-state index in [1.165, 1.54) is 0 Å². The highest BCUT2D eigenvalue weighted by Crippen LogP contribution is 2.49. The molecule has 0 radical (unpaired) electrons. The van der Waals surface area contributed by atoms with Gasteiger partial charge < -0.3 is 15.0 Å². The van der Waals surface area contributed by atoms with Gasteiger partial charge in [-0.3, -0.25) is 9.59 Å². The van der Waals surface area contributed by atoms with Crippen molar-refractivity contribution in [2.75, 3.05) is 25.6 Å². The number of pyridine rings is 1. The number of nitrogens with zero attached hydrogens (tertiary/aromatic N) is 2. The molecule has 0 unspecified atom stereocenters. The van der Waals surface area contributed by atoms with Crippen LogP contribution in [0.3, 0.4) is 0 Å². The van der Waals surface area contributed by atoms with Gasteiger partial charge in [0.05, 0.1) is 18.1 Å². The summed E-state index contributed by atoms with van der Waals surface area (Å²) >= 11 is 0. The maximum Gasteiger partial charge on any atom is 0.254 e. The largest absolute Gasteiger partial charge is 0.383 e. The van der Waals surface area contributed by atoms with E-state index in [1.807, 2.05) is 48.2 Å². The highest BCUT2D eigenvalue weighted by atomic mass is 16.5. The zero-order valence-electron chi connectivity index (χ0n) is 17.7. The van der Waals surface area contributed by atoms with Gasteiger partial charge in [-0.1, -0.05) is 43.5 Å². The number of fused-ring (bicyclic) bond motifs is 1. The van der Waals surface area contributed by atoms with Gasteiger partial charge in [0.25, 0.3) is 5.91 Å². The topological polar surface area (TPSA) is 71.5 Å². The quantitative estimate of drug-likeness (QED) is 0.816. The molecule has 1 N–H and O–H groups in total. The summed E-state index contributed by atoms with van der Waals surface area (Å²) in [6.45, 7) is 2.86. The van der Waals surface area contributed by atoms with Crippen molar-refractivity contribution in [2.24, 2.45) is 0 Å². The van der Waals surface area contributed by atoms with Crippen LogP contribution in [-0.2, 0) is 9.53 Å². The van der Waals surface area contributed by atoms with E-state index in [1.54, 1.807) is 13.3 Å². The zero-order chi connectivity index (χ0) is 21.1. The number of carbonyl (C=O) groups excluding carboxylic acids is 2. The molecule has 2 amide bonds. The highest BCUT2D eigenvalue weighted by molar-refractivity contribution is 6.05. The van der Waals surface area contributed by atoms with E-state index in [0.717, 1.165) is 43.2 Å². The Hall–Kier alpha value is -2.73. The van der Waals surface area contributed by atoms with Gasteiger partial charge in [0.15, 0.2) is 0 Å². The number of ether oxygens (including phenoxy) is 1. The minimum Gasteiger partial charge on any atom is -0.383 e. The second-order valence-electron chi connectivity index (χ2n) is 8.29. The molecule has 2 heterocycles. The molecule has 1 spiro atoms. The predicted octanol–water partition coefficient (Wildman–Crippen LogP) is 3.92. The van der Waals surface area contributed by atoms with Crippen LogP contribution in [-0.4, -0.2) is 47.5 Å². The van der Waals surface area contributed by atoms with Crippen molar-refractivity contribution in [2.45, 2.75) is 50.5 Å². The molecule has 1 aromatic heterocycles. The third kappa shape index (κ3) is 3.49. The van der Waals surface area contributed by atoms with Gasteiger partial charge in [-0.25, -0.2) is 4.98 Å². The number of benzene rings is 1. The monoisotopic (exact) mass is 407 g/mol. The summed E-state index contributed by atoms with van der Waals surface area (Å²) in [6, 6.07) is 11.3. The maximum atomic E-state index is 13.8. The van der Waals surface area contributed by atoms with Gasteiger partial charge in [0.1, 0.15) is 5.82 Å². The molecule has 0 bridgehead atoms. The average molecular weight is 408 g/mol. The Kier molecular flexibility index (Phi) is 5.86. The third-order valence-electron chi connectivity index (χ3n) is 6.57. The Labute approximate surface area is 177 Å². The van der Waals surface area contributed by atoms with Crippen LogP contribution in [0.25, 0.3) is 0 Å². The first-order valence-electron chi connectivity index (χ1n) is 10.7. The number of aryl methyl sites for hydroxylation is 1. The lowest BCUT2D eigenvalue weighted by atomic mass is 9.65. The summed E-state index contributed by atoms with van der Waals surface area (Å²) in [5, 5.41) is 3.06. The van der Waals surface area contributed by atoms with E-state index < -0.39 is 11.5 Å². The van der Waals surface area contributed by atoms with Crippen molar-refractivity contribution in [1.82, 2.24) is 9.88 Å². The fourth-order valence-electron chi connectivity index (χ4n) is 5.16. The van der Waals surface area contributed by atoms with Crippen molar-refractivity contribution in [3.05, 3.63) is 59.3 Å². The van der Waals surface area contributed by atoms with Crippen LogP contribution in [0, 0.1) is 6.92 Å². The second kappa shape index (κ2) is 8.56. The molecule has 4 rings (SSSR count). The molecule has 1 fully saturated rings. The number of carbonyl (C=O) groups is 2. The first-order chi connectivity index (χ1) is 14.6. The lowest BCUT2D eigenvalue weighted by molar-refractivity contribution is -0.122. The molecule has 2 aromatic rings. The van der Waals surface area contributed by atoms with E-state index in [-0.39, 0.29) is 11.8 Å². The van der Waals surface area contributed by atoms with Crippen LogP contribution in [0.15, 0.2) is 42.6 Å². The molecule has 30 heavy (non-hydrogen) atoms. The summed E-state index contributed by atoms with van der Waals surface area (Å²) in [6.07, 6.45) is 6.45. The third-order valence-corrected chi connectivity index (χ3v) is 6.57. The Balaban J connectivity index is 1.81. The molecule has 1 aliphatic heterocycles. The SMILES string of the molecule is COCCN1C(=O)c2ccccc2[C@@H](C(=O)Nc2ncccc2C)C12CCCCC2. The fourth-order valence-corrected chi connectivity index (χ4v) is 5.16. The minimum atomic E-state index is -0.533. The number of rotatable bonds is 5. The summed E-state index contributed by atoms with van der Waals surface area (Å²) < 4.78 is 5.32. The molecular formula is C24H29N3O3. The number of aromatic nitrogens is 1. The fraction of sp³-hybridized carbons (Fsp3) is 0.458. The molecule has 6 nitrogen and oxygen atoms in total. The van der Waals surface area contributed by atoms with E-state index in [9.17, 15) is 9.59 Å². The number of nitrogens with one attached hydrogen (secondary N) is 1. The summed E-state index contributed by atoms with van der Waals surface area (Å²) in [7, 11) is 1.64. The lowest BCUT2D eigenvalue weighted by Gasteiger charge is -2.53. The standard InChI is InChI=1S/C24H29N3O3/c1-17-9-8-14-25-21(17)26-22(28)20-18-10-4-5-11-19(18)23(29)27(15-16-30-2)24(20)12-6-3-7-13-24/h4-5,8-11,14,20H,3,6-7,12-13,15-16H2,1-2H3,(H,25,26,28)/t20-/m0/s1. The number of methoxy groups -OCH3 is 1. The molecule has 1 aliphatic carbocycles. The number of amides is 2. The van der Waals surface area contributed by atoms with Crippen LogP contribution < -0.4 is 5.32 Å². The molecule has 1 saturated carbocycles. The van der Waals surface area contributed by atoms with Gasteiger partial charge in [-0.2, -0.15) is 0 Å². The van der Waals surface area contributed by atoms with Gasteiger partial charge in [-0.15, -0.1) is 0 Å². The number of anilines is 1. The van der Waals surface area contributed by atoms with Crippen LogP contribution >= 0.6 is 0 Å². The van der Waals surface area contributed by atoms with E-state index >= 15 is 0 Å². The molecule has 0 saturated heterocycles. The van der Waals surface area contributed by atoms with Crippen molar-refractivity contribution < 1.29 is 14.3 Å². The predicted molar refractivity (Wildman–Crippen MR) is 116 cm³/mol. The Morgan fingerprint density at radius 3 is 2.70 bits per heavy atom. The first kappa shape index (κ1) is 20.5. The van der Waals surface area contributed by atoms with Crippen LogP contribution in [0.4, 0.5) is 5.82 Å². The molecule has 1 atom stereocenters. The van der Waals surface area contributed by atoms with Gasteiger partial charge >= 0.3 is 0 Å². The van der Waals surface area contributed by atoms with E-state index in [0.29, 0.717) is 24.5 Å². The van der Waals surface area contributed by atoms with Crippen molar-refractivity contribution >= 4 is 17.6 Å². The molecule has 2 aliphatic rings. The maximum absolute atomic E-state index is 13.8. The first-order valence-corrected chi connectivity index (χ1v) is 10.7. The lowest BCUT2D eigenvalue weighted by Crippen LogP contribution is -2.62. The van der Waals surface area contributed by atoms with Gasteiger partial charge in [0, 0.05) is 25.4 Å². The van der Waals surface area contributed by atoms with Gasteiger partial charge in [0.2, 0.25) is 5.91 Å². The van der Waals surface area contributed by atoms with Crippen LogP contribution in [0.5, 0.6) is 0 Å². The smallest absolute Gasteiger partial charge is 0.254 e. The van der Waals surface area contributed by atoms with E-state index in [2.05, 4.69) is 10.3 Å². The Bertz CT molecular complexity index is 937. The number of hydrogen-bond donors (Lipinski definition) is 1. The molecule has 1 aromatic carbocycles. The van der Waals surface area contributed by atoms with Crippen molar-refractivity contribution in [3.63, 3.8) is 0 Å². The summed E-state index contributed by atoms with van der Waals surface area (Å²) in [5.41, 5.74) is 1.82. The van der Waals surface area contributed by atoms with E-state index in [4.69, 9.17) is 4.74 Å². The minimum absolute atomic E-state index is 0.00242. The molecular weight excluding hydrogens is 378 g/mol. The summed E-state index contributed by atoms with van der Waals surface area (Å²) in [5.74, 6) is 0.0416. The second-order valence-corrected chi connectivity index (χ2v) is 8.29. The van der Waals surface area contributed by atoms with Crippen molar-refractivity contribution in [3.8, 4) is 0 Å². The Morgan fingerprint density at radius 1 is 1.20 bits per heavy atom.